The van der Waals surface area contributed by atoms with E-state index in [1.54, 1.807) is 6.07 Å². The average molecular weight is 400 g/mol. The van der Waals surface area contributed by atoms with Crippen LogP contribution in [-0.2, 0) is 0 Å². The lowest BCUT2D eigenvalue weighted by atomic mass is 9.96. The van der Waals surface area contributed by atoms with Crippen molar-refractivity contribution in [3.05, 3.63) is 57.9 Å². The van der Waals surface area contributed by atoms with Crippen LogP contribution in [0.15, 0.2) is 24.3 Å². The molecular formula is C22H23ClFN3O. The van der Waals surface area contributed by atoms with E-state index in [1.165, 1.54) is 12.1 Å². The summed E-state index contributed by atoms with van der Waals surface area (Å²) in [5.41, 5.74) is 5.53. The number of carbonyl (C=O) groups excluding carboxylic acids is 1. The van der Waals surface area contributed by atoms with Crippen molar-refractivity contribution < 1.29 is 9.18 Å². The molecule has 0 amide bonds. The van der Waals surface area contributed by atoms with Crippen molar-refractivity contribution in [3.8, 4) is 6.07 Å². The molecule has 0 atom stereocenters. The number of halogens is 2. The number of hydrogen-bond donors (Lipinski definition) is 1. The van der Waals surface area contributed by atoms with Crippen LogP contribution in [0.4, 0.5) is 15.8 Å². The van der Waals surface area contributed by atoms with Gasteiger partial charge >= 0.3 is 0 Å². The predicted octanol–water partition coefficient (Wildman–Crippen LogP) is 5.08. The fourth-order valence-corrected chi connectivity index (χ4v) is 4.34. The third kappa shape index (κ3) is 3.98. The second-order valence-corrected chi connectivity index (χ2v) is 7.68. The summed E-state index contributed by atoms with van der Waals surface area (Å²) < 4.78 is 13.4. The van der Waals surface area contributed by atoms with Crippen molar-refractivity contribution in [3.63, 3.8) is 0 Å². The van der Waals surface area contributed by atoms with Gasteiger partial charge in [-0.15, -0.1) is 0 Å². The van der Waals surface area contributed by atoms with E-state index in [9.17, 15) is 14.4 Å². The molecule has 1 aliphatic rings. The highest BCUT2D eigenvalue weighted by atomic mass is 35.5. The maximum absolute atomic E-state index is 13.4. The average Bonchev–Trinajstić information content (AvgIpc) is 2.65. The Hall–Kier alpha value is -2.58. The van der Waals surface area contributed by atoms with Gasteiger partial charge in [-0.3, -0.25) is 4.79 Å². The van der Waals surface area contributed by atoms with Crippen molar-refractivity contribution in [2.75, 3.05) is 23.3 Å². The second-order valence-electron chi connectivity index (χ2n) is 7.34. The molecule has 0 spiro atoms. The van der Waals surface area contributed by atoms with Gasteiger partial charge in [0.2, 0.25) is 0 Å². The van der Waals surface area contributed by atoms with E-state index in [-0.39, 0.29) is 6.04 Å². The molecule has 0 radical (unpaired) electrons. The van der Waals surface area contributed by atoms with Crippen LogP contribution in [0, 0.1) is 37.9 Å². The maximum Gasteiger partial charge on any atom is 0.253 e. The monoisotopic (exact) mass is 399 g/mol. The Morgan fingerprint density at radius 2 is 1.89 bits per heavy atom. The number of nitriles is 1. The van der Waals surface area contributed by atoms with Crippen LogP contribution in [-0.4, -0.2) is 24.4 Å². The van der Waals surface area contributed by atoms with E-state index in [2.05, 4.69) is 16.3 Å². The Labute approximate surface area is 169 Å². The molecule has 0 unspecified atom stereocenters. The SMILES string of the molecule is Cc1cc(C)c(C(=O)Cl)c(C)c1NC1CCN(c2ccc(F)cc2C#N)CC1. The number of anilines is 2. The number of nitrogens with zero attached hydrogens (tertiary/aromatic N) is 2. The van der Waals surface area contributed by atoms with E-state index < -0.39 is 11.1 Å². The maximum atomic E-state index is 13.4. The highest BCUT2D eigenvalue weighted by Gasteiger charge is 2.23. The third-order valence-corrected chi connectivity index (χ3v) is 5.62. The first-order valence-electron chi connectivity index (χ1n) is 9.33. The van der Waals surface area contributed by atoms with E-state index in [0.717, 1.165) is 54.0 Å². The highest BCUT2D eigenvalue weighted by molar-refractivity contribution is 6.68. The topological polar surface area (TPSA) is 56.1 Å². The Bertz CT molecular complexity index is 959. The van der Waals surface area contributed by atoms with Gasteiger partial charge in [0, 0.05) is 30.4 Å². The molecule has 0 saturated carbocycles. The van der Waals surface area contributed by atoms with Crippen molar-refractivity contribution in [1.82, 2.24) is 0 Å². The minimum atomic E-state index is -0.437. The van der Waals surface area contributed by atoms with E-state index >= 15 is 0 Å². The largest absolute Gasteiger partial charge is 0.382 e. The molecule has 2 aromatic carbocycles. The van der Waals surface area contributed by atoms with Crippen molar-refractivity contribution >= 4 is 28.2 Å². The van der Waals surface area contributed by atoms with Gasteiger partial charge in [-0.05, 0) is 80.1 Å². The van der Waals surface area contributed by atoms with Crippen LogP contribution in [0.25, 0.3) is 0 Å². The minimum Gasteiger partial charge on any atom is -0.382 e. The molecule has 1 fully saturated rings. The van der Waals surface area contributed by atoms with Crippen LogP contribution in [0.2, 0.25) is 0 Å². The summed E-state index contributed by atoms with van der Waals surface area (Å²) >= 11 is 5.78. The molecule has 0 bridgehead atoms. The number of benzene rings is 2. The third-order valence-electron chi connectivity index (χ3n) is 5.43. The van der Waals surface area contributed by atoms with Crippen molar-refractivity contribution in [1.29, 1.82) is 5.26 Å². The Balaban J connectivity index is 1.75. The molecule has 1 saturated heterocycles. The zero-order chi connectivity index (χ0) is 20.4. The second kappa shape index (κ2) is 8.20. The summed E-state index contributed by atoms with van der Waals surface area (Å²) in [6, 6.07) is 8.66. The van der Waals surface area contributed by atoms with E-state index in [1.807, 2.05) is 26.8 Å². The molecule has 28 heavy (non-hydrogen) atoms. The standard InChI is InChI=1S/C22H23ClFN3O/c1-13-10-14(2)21(15(3)20(13)22(23)28)26-18-6-8-27(9-7-18)19-5-4-17(24)11-16(19)12-25/h4-5,10-11,18,26H,6-9H2,1-3H3. The van der Waals surface area contributed by atoms with Gasteiger partial charge in [0.1, 0.15) is 11.9 Å². The summed E-state index contributed by atoms with van der Waals surface area (Å²) in [6.45, 7) is 7.38. The molecule has 1 aliphatic heterocycles. The van der Waals surface area contributed by atoms with Crippen LogP contribution in [0.1, 0.15) is 45.5 Å². The summed E-state index contributed by atoms with van der Waals surface area (Å²) in [7, 11) is 0. The van der Waals surface area contributed by atoms with Crippen LogP contribution < -0.4 is 10.2 Å². The number of piperidine rings is 1. The lowest BCUT2D eigenvalue weighted by Gasteiger charge is -2.35. The fraction of sp³-hybridized carbons (Fsp3) is 0.364. The molecule has 146 valence electrons. The molecule has 4 nitrogen and oxygen atoms in total. The molecule has 0 aliphatic carbocycles. The van der Waals surface area contributed by atoms with Crippen molar-refractivity contribution in [2.45, 2.75) is 39.7 Å². The number of hydrogen-bond acceptors (Lipinski definition) is 4. The van der Waals surface area contributed by atoms with Gasteiger partial charge in [-0.25, -0.2) is 4.39 Å². The smallest absolute Gasteiger partial charge is 0.253 e. The first kappa shape index (κ1) is 20.2. The van der Waals surface area contributed by atoms with E-state index in [4.69, 9.17) is 11.6 Å². The number of carbonyl (C=O) groups is 1. The van der Waals surface area contributed by atoms with Gasteiger partial charge in [0.05, 0.1) is 11.3 Å². The summed E-state index contributed by atoms with van der Waals surface area (Å²) in [5, 5.41) is 12.4. The van der Waals surface area contributed by atoms with Gasteiger partial charge < -0.3 is 10.2 Å². The van der Waals surface area contributed by atoms with Gasteiger partial charge in [0.25, 0.3) is 5.24 Å². The van der Waals surface area contributed by atoms with Crippen LogP contribution in [0.3, 0.4) is 0 Å². The number of aryl methyl sites for hydroxylation is 2. The molecule has 6 heteroatoms. The lowest BCUT2D eigenvalue weighted by Crippen LogP contribution is -2.39. The molecule has 0 aromatic heterocycles. The molecule has 3 rings (SSSR count). The Kier molecular flexibility index (Phi) is 5.90. The first-order chi connectivity index (χ1) is 13.3. The first-order valence-corrected chi connectivity index (χ1v) is 9.71. The Morgan fingerprint density at radius 1 is 1.21 bits per heavy atom. The minimum absolute atomic E-state index is 0.251. The molecule has 1 N–H and O–H groups in total. The molecule has 1 heterocycles. The molecular weight excluding hydrogens is 377 g/mol. The highest BCUT2D eigenvalue weighted by Crippen LogP contribution is 2.31. The van der Waals surface area contributed by atoms with Crippen molar-refractivity contribution in [2.24, 2.45) is 0 Å². The van der Waals surface area contributed by atoms with Gasteiger partial charge in [-0.1, -0.05) is 6.07 Å². The number of rotatable bonds is 4. The zero-order valence-electron chi connectivity index (χ0n) is 16.3. The predicted molar refractivity (Wildman–Crippen MR) is 111 cm³/mol. The van der Waals surface area contributed by atoms with Crippen LogP contribution >= 0.6 is 11.6 Å². The zero-order valence-corrected chi connectivity index (χ0v) is 17.0. The van der Waals surface area contributed by atoms with Gasteiger partial charge in [0.15, 0.2) is 0 Å². The fourth-order valence-electron chi connectivity index (χ4n) is 4.05. The van der Waals surface area contributed by atoms with Gasteiger partial charge in [-0.2, -0.15) is 5.26 Å². The Morgan fingerprint density at radius 3 is 2.50 bits per heavy atom. The summed E-state index contributed by atoms with van der Waals surface area (Å²) in [6.07, 6.45) is 1.75. The normalized spacial score (nSPS) is 14.6. The summed E-state index contributed by atoms with van der Waals surface area (Å²) in [4.78, 5) is 13.9. The summed E-state index contributed by atoms with van der Waals surface area (Å²) in [5.74, 6) is -0.396. The van der Waals surface area contributed by atoms with Crippen LogP contribution in [0.5, 0.6) is 0 Å². The molecule has 2 aromatic rings. The van der Waals surface area contributed by atoms with E-state index in [0.29, 0.717) is 11.1 Å². The number of nitrogens with one attached hydrogen (secondary N) is 1. The quantitative estimate of drug-likeness (QED) is 0.728. The lowest BCUT2D eigenvalue weighted by molar-refractivity contribution is 0.108.